The van der Waals surface area contributed by atoms with Crippen LogP contribution in [0.3, 0.4) is 0 Å². The van der Waals surface area contributed by atoms with Gasteiger partial charge in [0.25, 0.3) is 0 Å². The summed E-state index contributed by atoms with van der Waals surface area (Å²) in [6.07, 6.45) is 2.38. The van der Waals surface area contributed by atoms with Crippen molar-refractivity contribution < 1.29 is 9.18 Å². The molecule has 20 heavy (non-hydrogen) atoms. The largest absolute Gasteiger partial charge is 0.324 e. The first kappa shape index (κ1) is 14.1. The van der Waals surface area contributed by atoms with Gasteiger partial charge < -0.3 is 11.1 Å². The minimum Gasteiger partial charge on any atom is -0.324 e. The molecule has 0 spiro atoms. The smallest absolute Gasteiger partial charge is 0.246 e. The highest BCUT2D eigenvalue weighted by Crippen LogP contribution is 2.10. The molecule has 106 valence electrons. The number of nitrogens with zero attached hydrogens (tertiary/aromatic N) is 3. The Morgan fingerprint density at radius 3 is 3.05 bits per heavy atom. The van der Waals surface area contributed by atoms with Crippen molar-refractivity contribution in [1.29, 1.82) is 0 Å². The van der Waals surface area contributed by atoms with Gasteiger partial charge in [-0.2, -0.15) is 0 Å². The number of carbonyl (C=O) groups excluding carboxylic acids is 1. The molecular weight excluding hydrogens is 261 g/mol. The summed E-state index contributed by atoms with van der Waals surface area (Å²) < 4.78 is 14.4. The highest BCUT2D eigenvalue weighted by Gasteiger charge is 2.10. The van der Waals surface area contributed by atoms with Crippen LogP contribution in [0, 0.1) is 5.82 Å². The molecule has 0 radical (unpaired) electrons. The van der Waals surface area contributed by atoms with E-state index in [1.54, 1.807) is 12.3 Å². The average molecular weight is 277 g/mol. The standard InChI is InChI=1S/C13H16FN5O/c1-2-11(15)12-7-19(18-17-12)8-13(20)16-10-5-3-4-9(14)6-10/h3-7,11H,2,8,15H2,1H3,(H,16,20). The Morgan fingerprint density at radius 2 is 2.35 bits per heavy atom. The lowest BCUT2D eigenvalue weighted by Gasteiger charge is -2.05. The summed E-state index contributed by atoms with van der Waals surface area (Å²) in [5.74, 6) is -0.711. The lowest BCUT2D eigenvalue weighted by atomic mass is 10.2. The third-order valence-electron chi connectivity index (χ3n) is 2.79. The van der Waals surface area contributed by atoms with Gasteiger partial charge in [-0.15, -0.1) is 5.10 Å². The summed E-state index contributed by atoms with van der Waals surface area (Å²) in [6, 6.07) is 5.51. The van der Waals surface area contributed by atoms with E-state index in [1.807, 2.05) is 6.92 Å². The third-order valence-corrected chi connectivity index (χ3v) is 2.79. The number of halogens is 1. The van der Waals surface area contributed by atoms with E-state index in [4.69, 9.17) is 5.73 Å². The molecule has 3 N–H and O–H groups in total. The zero-order chi connectivity index (χ0) is 14.5. The van der Waals surface area contributed by atoms with E-state index in [9.17, 15) is 9.18 Å². The van der Waals surface area contributed by atoms with Gasteiger partial charge in [-0.05, 0) is 24.6 Å². The van der Waals surface area contributed by atoms with Crippen LogP contribution >= 0.6 is 0 Å². The lowest BCUT2D eigenvalue weighted by Crippen LogP contribution is -2.19. The molecule has 1 aromatic heterocycles. The summed E-state index contributed by atoms with van der Waals surface area (Å²) in [5, 5.41) is 10.3. The number of rotatable bonds is 5. The molecule has 0 aliphatic heterocycles. The van der Waals surface area contributed by atoms with Gasteiger partial charge in [0.1, 0.15) is 12.4 Å². The van der Waals surface area contributed by atoms with Crippen molar-refractivity contribution in [3.63, 3.8) is 0 Å². The van der Waals surface area contributed by atoms with Crippen molar-refractivity contribution in [3.05, 3.63) is 42.0 Å². The third kappa shape index (κ3) is 3.61. The minimum absolute atomic E-state index is 0.0000520. The summed E-state index contributed by atoms with van der Waals surface area (Å²) >= 11 is 0. The molecule has 0 saturated heterocycles. The first-order valence-corrected chi connectivity index (χ1v) is 6.29. The van der Waals surface area contributed by atoms with E-state index in [0.29, 0.717) is 11.4 Å². The fourth-order valence-electron chi connectivity index (χ4n) is 1.68. The van der Waals surface area contributed by atoms with E-state index in [-0.39, 0.29) is 18.5 Å². The Labute approximate surface area is 115 Å². The molecule has 2 aromatic rings. The monoisotopic (exact) mass is 277 g/mol. The van der Waals surface area contributed by atoms with Gasteiger partial charge in [0, 0.05) is 5.69 Å². The van der Waals surface area contributed by atoms with Gasteiger partial charge in [-0.1, -0.05) is 18.2 Å². The number of amides is 1. The van der Waals surface area contributed by atoms with Gasteiger partial charge in [-0.25, -0.2) is 9.07 Å². The van der Waals surface area contributed by atoms with Crippen molar-refractivity contribution in [2.75, 3.05) is 5.32 Å². The summed E-state index contributed by atoms with van der Waals surface area (Å²) in [5.41, 5.74) is 6.87. The maximum atomic E-state index is 13.0. The Bertz CT molecular complexity index is 598. The SMILES string of the molecule is CCC(N)c1cn(CC(=O)Nc2cccc(F)c2)nn1. The van der Waals surface area contributed by atoms with Crippen molar-refractivity contribution in [1.82, 2.24) is 15.0 Å². The van der Waals surface area contributed by atoms with Crippen LogP contribution in [0.5, 0.6) is 0 Å². The summed E-state index contributed by atoms with van der Waals surface area (Å²) in [4.78, 5) is 11.8. The molecule has 1 aromatic carbocycles. The van der Waals surface area contributed by atoms with Crippen molar-refractivity contribution in [3.8, 4) is 0 Å². The normalized spacial score (nSPS) is 12.2. The maximum Gasteiger partial charge on any atom is 0.246 e. The van der Waals surface area contributed by atoms with Crippen molar-refractivity contribution in [2.24, 2.45) is 5.73 Å². The second kappa shape index (κ2) is 6.25. The average Bonchev–Trinajstić information content (AvgIpc) is 2.86. The highest BCUT2D eigenvalue weighted by atomic mass is 19.1. The molecule has 0 aliphatic rings. The number of anilines is 1. The molecule has 1 atom stereocenters. The van der Waals surface area contributed by atoms with E-state index in [0.717, 1.165) is 6.42 Å². The first-order chi connectivity index (χ1) is 9.58. The van der Waals surface area contributed by atoms with E-state index < -0.39 is 5.82 Å². The molecule has 1 heterocycles. The highest BCUT2D eigenvalue weighted by molar-refractivity contribution is 5.90. The second-order valence-electron chi connectivity index (χ2n) is 4.41. The number of nitrogens with two attached hydrogens (primary N) is 1. The number of benzene rings is 1. The Hall–Kier alpha value is -2.28. The van der Waals surface area contributed by atoms with Crippen LogP contribution in [-0.4, -0.2) is 20.9 Å². The maximum absolute atomic E-state index is 13.0. The number of aromatic nitrogens is 3. The second-order valence-corrected chi connectivity index (χ2v) is 4.41. The number of nitrogens with one attached hydrogen (secondary N) is 1. The van der Waals surface area contributed by atoms with Gasteiger partial charge in [0.2, 0.25) is 5.91 Å². The van der Waals surface area contributed by atoms with Gasteiger partial charge in [0.15, 0.2) is 0 Å². The Balaban J connectivity index is 1.96. The fourth-order valence-corrected chi connectivity index (χ4v) is 1.68. The number of hydrogen-bond donors (Lipinski definition) is 2. The fraction of sp³-hybridized carbons (Fsp3) is 0.308. The molecule has 1 amide bonds. The molecule has 0 bridgehead atoms. The molecule has 0 saturated carbocycles. The summed E-state index contributed by atoms with van der Waals surface area (Å²) in [6.45, 7) is 1.94. The van der Waals surface area contributed by atoms with Crippen LogP contribution in [0.1, 0.15) is 25.1 Å². The van der Waals surface area contributed by atoms with Crippen LogP contribution in [0.4, 0.5) is 10.1 Å². The lowest BCUT2D eigenvalue weighted by molar-refractivity contribution is -0.116. The zero-order valence-corrected chi connectivity index (χ0v) is 11.1. The Kier molecular flexibility index (Phi) is 4.41. The quantitative estimate of drug-likeness (QED) is 0.866. The number of hydrogen-bond acceptors (Lipinski definition) is 4. The molecule has 6 nitrogen and oxygen atoms in total. The number of carbonyl (C=O) groups is 1. The summed E-state index contributed by atoms with van der Waals surface area (Å²) in [7, 11) is 0. The van der Waals surface area contributed by atoms with Crippen molar-refractivity contribution in [2.45, 2.75) is 25.9 Å². The van der Waals surface area contributed by atoms with Crippen LogP contribution in [0.2, 0.25) is 0 Å². The van der Waals surface area contributed by atoms with Gasteiger partial charge in [-0.3, -0.25) is 4.79 Å². The zero-order valence-electron chi connectivity index (χ0n) is 11.1. The minimum atomic E-state index is -0.403. The van der Waals surface area contributed by atoms with Gasteiger partial charge in [0.05, 0.1) is 17.9 Å². The van der Waals surface area contributed by atoms with Crippen LogP contribution in [-0.2, 0) is 11.3 Å². The van der Waals surface area contributed by atoms with Crippen LogP contribution in [0.15, 0.2) is 30.5 Å². The molecule has 0 aliphatic carbocycles. The van der Waals surface area contributed by atoms with E-state index in [1.165, 1.54) is 22.9 Å². The molecule has 0 fully saturated rings. The Morgan fingerprint density at radius 1 is 1.55 bits per heavy atom. The predicted molar refractivity (Wildman–Crippen MR) is 72.3 cm³/mol. The van der Waals surface area contributed by atoms with Crippen molar-refractivity contribution >= 4 is 11.6 Å². The van der Waals surface area contributed by atoms with E-state index in [2.05, 4.69) is 15.6 Å². The molecule has 1 unspecified atom stereocenters. The topological polar surface area (TPSA) is 85.8 Å². The van der Waals surface area contributed by atoms with Crippen LogP contribution < -0.4 is 11.1 Å². The van der Waals surface area contributed by atoms with Gasteiger partial charge >= 0.3 is 0 Å². The first-order valence-electron chi connectivity index (χ1n) is 6.29. The molecule has 2 rings (SSSR count). The predicted octanol–water partition coefficient (Wildman–Crippen LogP) is 1.47. The van der Waals surface area contributed by atoms with E-state index >= 15 is 0 Å². The molecular formula is C13H16FN5O. The molecule has 7 heteroatoms. The van der Waals surface area contributed by atoms with Crippen LogP contribution in [0.25, 0.3) is 0 Å².